The fourth-order valence-electron chi connectivity index (χ4n) is 2.79. The van der Waals surface area contributed by atoms with Gasteiger partial charge in [-0.2, -0.15) is 0 Å². The quantitative estimate of drug-likeness (QED) is 0.839. The number of rotatable bonds is 2. The Hall–Kier alpha value is -1.91. The van der Waals surface area contributed by atoms with Crippen LogP contribution in [0.2, 0.25) is 0 Å². The van der Waals surface area contributed by atoms with Crippen LogP contribution in [-0.4, -0.2) is 44.2 Å². The zero-order valence-corrected chi connectivity index (χ0v) is 12.6. The van der Waals surface area contributed by atoms with Crippen LogP contribution >= 0.6 is 0 Å². The van der Waals surface area contributed by atoms with Crippen molar-refractivity contribution in [1.29, 1.82) is 0 Å². The summed E-state index contributed by atoms with van der Waals surface area (Å²) >= 11 is 0. The molecule has 0 bridgehead atoms. The Morgan fingerprint density at radius 1 is 1.24 bits per heavy atom. The molecule has 5 heteroatoms. The first-order chi connectivity index (χ1) is 10.2. The first-order valence-electron chi connectivity index (χ1n) is 7.46. The lowest BCUT2D eigenvalue weighted by molar-refractivity contribution is 0.0695. The highest BCUT2D eigenvalue weighted by Crippen LogP contribution is 2.40. The van der Waals surface area contributed by atoms with E-state index in [0.29, 0.717) is 41.9 Å². The number of likely N-dealkylation sites (tertiary alicyclic amines) is 1. The molecule has 21 heavy (non-hydrogen) atoms. The van der Waals surface area contributed by atoms with Crippen molar-refractivity contribution in [2.75, 3.05) is 33.4 Å². The van der Waals surface area contributed by atoms with E-state index in [-0.39, 0.29) is 5.91 Å². The highest BCUT2D eigenvalue weighted by Gasteiger charge is 2.25. The van der Waals surface area contributed by atoms with E-state index < -0.39 is 0 Å². The molecule has 114 valence electrons. The first kappa shape index (κ1) is 14.0. The van der Waals surface area contributed by atoms with Crippen molar-refractivity contribution in [3.8, 4) is 17.2 Å². The second-order valence-corrected chi connectivity index (χ2v) is 5.68. The van der Waals surface area contributed by atoms with Gasteiger partial charge in [0, 0.05) is 18.7 Å². The molecule has 3 rings (SSSR count). The summed E-state index contributed by atoms with van der Waals surface area (Å²) in [6.07, 6.45) is 2.13. The number of methoxy groups -OCH3 is 1. The summed E-state index contributed by atoms with van der Waals surface area (Å²) in [6, 6.07) is 3.51. The van der Waals surface area contributed by atoms with Crippen LogP contribution in [0, 0.1) is 5.92 Å². The van der Waals surface area contributed by atoms with Gasteiger partial charge in [0.25, 0.3) is 5.91 Å². The Morgan fingerprint density at radius 2 is 1.95 bits per heavy atom. The molecule has 0 aliphatic carbocycles. The molecule has 1 aromatic carbocycles. The average Bonchev–Trinajstić information content (AvgIpc) is 2.53. The Morgan fingerprint density at radius 3 is 2.67 bits per heavy atom. The lowest BCUT2D eigenvalue weighted by Gasteiger charge is -2.30. The predicted molar refractivity (Wildman–Crippen MR) is 78.3 cm³/mol. The highest BCUT2D eigenvalue weighted by molar-refractivity contribution is 5.95. The summed E-state index contributed by atoms with van der Waals surface area (Å²) in [7, 11) is 1.57. The fourth-order valence-corrected chi connectivity index (χ4v) is 2.79. The molecule has 0 atom stereocenters. The molecule has 1 saturated heterocycles. The summed E-state index contributed by atoms with van der Waals surface area (Å²) in [4.78, 5) is 14.5. The fraction of sp³-hybridized carbons (Fsp3) is 0.562. The first-order valence-corrected chi connectivity index (χ1v) is 7.46. The summed E-state index contributed by atoms with van der Waals surface area (Å²) < 4.78 is 16.5. The zero-order chi connectivity index (χ0) is 14.8. The zero-order valence-electron chi connectivity index (χ0n) is 12.6. The molecule has 5 nitrogen and oxygen atoms in total. The van der Waals surface area contributed by atoms with Crippen LogP contribution in [0.5, 0.6) is 17.2 Å². The molecule has 2 aliphatic rings. The van der Waals surface area contributed by atoms with E-state index in [0.717, 1.165) is 25.9 Å². The van der Waals surface area contributed by atoms with E-state index in [1.807, 2.05) is 4.90 Å². The molecule has 0 saturated carbocycles. The summed E-state index contributed by atoms with van der Waals surface area (Å²) in [6.45, 7) is 4.86. The molecule has 2 heterocycles. The van der Waals surface area contributed by atoms with Crippen LogP contribution in [0.3, 0.4) is 0 Å². The van der Waals surface area contributed by atoms with E-state index in [1.54, 1.807) is 19.2 Å². The third-order valence-electron chi connectivity index (χ3n) is 4.15. The SMILES string of the molecule is COc1cc(C(=O)N2CCC(C)CC2)cc2c1OCCO2. The van der Waals surface area contributed by atoms with E-state index in [1.165, 1.54) is 0 Å². The lowest BCUT2D eigenvalue weighted by Crippen LogP contribution is -2.38. The number of fused-ring (bicyclic) bond motifs is 1. The number of piperidine rings is 1. The van der Waals surface area contributed by atoms with Gasteiger partial charge in [0.1, 0.15) is 13.2 Å². The third-order valence-corrected chi connectivity index (χ3v) is 4.15. The molecule has 1 amide bonds. The second kappa shape index (κ2) is 5.84. The summed E-state index contributed by atoms with van der Waals surface area (Å²) in [5, 5.41) is 0. The maximum atomic E-state index is 12.6. The number of hydrogen-bond acceptors (Lipinski definition) is 4. The van der Waals surface area contributed by atoms with E-state index in [9.17, 15) is 4.79 Å². The lowest BCUT2D eigenvalue weighted by atomic mass is 9.98. The molecular formula is C16H21NO4. The van der Waals surface area contributed by atoms with Crippen molar-refractivity contribution in [2.24, 2.45) is 5.92 Å². The molecule has 0 radical (unpaired) electrons. The van der Waals surface area contributed by atoms with Crippen LogP contribution in [-0.2, 0) is 0 Å². The van der Waals surface area contributed by atoms with Gasteiger partial charge < -0.3 is 19.1 Å². The number of carbonyl (C=O) groups is 1. The second-order valence-electron chi connectivity index (χ2n) is 5.68. The van der Waals surface area contributed by atoms with Gasteiger partial charge >= 0.3 is 0 Å². The van der Waals surface area contributed by atoms with Crippen molar-refractivity contribution in [1.82, 2.24) is 4.90 Å². The number of hydrogen-bond donors (Lipinski definition) is 0. The van der Waals surface area contributed by atoms with Gasteiger partial charge in [-0.3, -0.25) is 4.79 Å². The van der Waals surface area contributed by atoms with Gasteiger partial charge in [-0.1, -0.05) is 6.92 Å². The van der Waals surface area contributed by atoms with Crippen LogP contribution in [0.25, 0.3) is 0 Å². The maximum Gasteiger partial charge on any atom is 0.254 e. The van der Waals surface area contributed by atoms with Gasteiger partial charge in [-0.25, -0.2) is 0 Å². The van der Waals surface area contributed by atoms with Gasteiger partial charge in [-0.15, -0.1) is 0 Å². The van der Waals surface area contributed by atoms with Crippen molar-refractivity contribution in [3.05, 3.63) is 17.7 Å². The van der Waals surface area contributed by atoms with Crippen molar-refractivity contribution < 1.29 is 19.0 Å². The third kappa shape index (κ3) is 2.77. The molecule has 1 fully saturated rings. The van der Waals surface area contributed by atoms with Gasteiger partial charge in [-0.05, 0) is 30.9 Å². The number of ether oxygens (including phenoxy) is 3. The monoisotopic (exact) mass is 291 g/mol. The molecular weight excluding hydrogens is 270 g/mol. The topological polar surface area (TPSA) is 48.0 Å². The number of benzene rings is 1. The molecule has 0 aromatic heterocycles. The Labute approximate surface area is 124 Å². The standard InChI is InChI=1S/C16H21NO4/c1-11-3-5-17(6-4-11)16(18)12-9-13(19-2)15-14(10-12)20-7-8-21-15/h9-11H,3-8H2,1-2H3. The summed E-state index contributed by atoms with van der Waals surface area (Å²) in [5.74, 6) is 2.48. The molecule has 2 aliphatic heterocycles. The van der Waals surface area contributed by atoms with Crippen molar-refractivity contribution >= 4 is 5.91 Å². The Bertz CT molecular complexity index is 518. The van der Waals surface area contributed by atoms with Crippen molar-refractivity contribution in [3.63, 3.8) is 0 Å². The number of carbonyl (C=O) groups excluding carboxylic acids is 1. The highest BCUT2D eigenvalue weighted by atomic mass is 16.6. The minimum absolute atomic E-state index is 0.0390. The largest absolute Gasteiger partial charge is 0.493 e. The van der Waals surface area contributed by atoms with Crippen LogP contribution in [0.1, 0.15) is 30.1 Å². The smallest absolute Gasteiger partial charge is 0.254 e. The van der Waals surface area contributed by atoms with E-state index in [2.05, 4.69) is 6.92 Å². The normalized spacial score (nSPS) is 18.5. The maximum absolute atomic E-state index is 12.6. The minimum atomic E-state index is 0.0390. The summed E-state index contributed by atoms with van der Waals surface area (Å²) in [5.41, 5.74) is 0.602. The van der Waals surface area contributed by atoms with Gasteiger partial charge in [0.05, 0.1) is 7.11 Å². The Kier molecular flexibility index (Phi) is 3.90. The number of nitrogens with zero attached hydrogens (tertiary/aromatic N) is 1. The predicted octanol–water partition coefficient (Wildman–Crippen LogP) is 2.34. The van der Waals surface area contributed by atoms with Crippen LogP contribution in [0.15, 0.2) is 12.1 Å². The van der Waals surface area contributed by atoms with Crippen LogP contribution in [0.4, 0.5) is 0 Å². The average molecular weight is 291 g/mol. The Balaban J connectivity index is 1.86. The minimum Gasteiger partial charge on any atom is -0.493 e. The van der Waals surface area contributed by atoms with Gasteiger partial charge in [0.2, 0.25) is 5.75 Å². The molecule has 0 N–H and O–H groups in total. The van der Waals surface area contributed by atoms with Crippen LogP contribution < -0.4 is 14.2 Å². The molecule has 1 aromatic rings. The van der Waals surface area contributed by atoms with Gasteiger partial charge in [0.15, 0.2) is 11.5 Å². The number of amides is 1. The van der Waals surface area contributed by atoms with Crippen molar-refractivity contribution in [2.45, 2.75) is 19.8 Å². The molecule has 0 unspecified atom stereocenters. The molecule has 0 spiro atoms. The van der Waals surface area contributed by atoms with E-state index >= 15 is 0 Å². The van der Waals surface area contributed by atoms with E-state index in [4.69, 9.17) is 14.2 Å².